The van der Waals surface area contributed by atoms with E-state index < -0.39 is 0 Å². The largest absolute Gasteiger partial charge is 0.337 e. The molecule has 1 amide bonds. The third-order valence-corrected chi connectivity index (χ3v) is 5.33. The molecule has 2 unspecified atom stereocenters. The van der Waals surface area contributed by atoms with Crippen molar-refractivity contribution < 1.29 is 4.79 Å². The fourth-order valence-electron chi connectivity index (χ4n) is 2.04. The van der Waals surface area contributed by atoms with E-state index in [9.17, 15) is 4.79 Å². The van der Waals surface area contributed by atoms with Crippen molar-refractivity contribution in [1.82, 2.24) is 4.90 Å². The van der Waals surface area contributed by atoms with E-state index in [0.717, 1.165) is 24.0 Å². The molecule has 2 rings (SSSR count). The lowest BCUT2D eigenvalue weighted by Crippen LogP contribution is -2.43. The summed E-state index contributed by atoms with van der Waals surface area (Å²) >= 11 is 13.1. The minimum absolute atomic E-state index is 0.0117. The lowest BCUT2D eigenvalue weighted by molar-refractivity contribution is 0.0706. The number of halogens is 3. The zero-order chi connectivity index (χ0) is 13.3. The average molecular weight is 396 g/mol. The van der Waals surface area contributed by atoms with Gasteiger partial charge in [-0.15, -0.1) is 0 Å². The molecular weight excluding hydrogens is 381 g/mol. The molecule has 1 fully saturated rings. The normalized spacial score (nSPS) is 24.1. The first-order valence-electron chi connectivity index (χ1n) is 5.87. The summed E-state index contributed by atoms with van der Waals surface area (Å²) < 4.78 is 0.871. The minimum Gasteiger partial charge on any atom is -0.337 e. The number of piperidine rings is 1. The van der Waals surface area contributed by atoms with Crippen LogP contribution in [-0.4, -0.2) is 28.7 Å². The van der Waals surface area contributed by atoms with Gasteiger partial charge in [-0.25, -0.2) is 0 Å². The van der Waals surface area contributed by atoms with Crippen LogP contribution in [0.1, 0.15) is 23.7 Å². The molecule has 1 aromatic carbocycles. The van der Waals surface area contributed by atoms with E-state index in [0.29, 0.717) is 21.3 Å². The lowest BCUT2D eigenvalue weighted by atomic mass is 9.98. The Morgan fingerprint density at radius 3 is 2.89 bits per heavy atom. The number of likely N-dealkylation sites (tertiary alicyclic amines) is 1. The van der Waals surface area contributed by atoms with Crippen LogP contribution < -0.4 is 0 Å². The maximum absolute atomic E-state index is 12.4. The summed E-state index contributed by atoms with van der Waals surface area (Å²) in [6.45, 7) is 3.74. The Bertz CT molecular complexity index is 466. The summed E-state index contributed by atoms with van der Waals surface area (Å²) in [5, 5.41) is 0.507. The zero-order valence-electron chi connectivity index (χ0n) is 10.00. The second-order valence-electron chi connectivity index (χ2n) is 4.66. The number of hydrogen-bond acceptors (Lipinski definition) is 1. The van der Waals surface area contributed by atoms with Gasteiger partial charge in [0.05, 0.1) is 10.6 Å². The molecule has 1 heterocycles. The second-order valence-corrected chi connectivity index (χ2v) is 7.16. The van der Waals surface area contributed by atoms with E-state index in [2.05, 4.69) is 38.8 Å². The predicted molar refractivity (Wildman–Crippen MR) is 81.6 cm³/mol. The van der Waals surface area contributed by atoms with Gasteiger partial charge in [-0.2, -0.15) is 0 Å². The third kappa shape index (κ3) is 3.09. The number of carbonyl (C=O) groups excluding carboxylic acids is 1. The highest BCUT2D eigenvalue weighted by molar-refractivity contribution is 9.10. The van der Waals surface area contributed by atoms with Crippen molar-refractivity contribution in [3.05, 3.63) is 33.3 Å². The van der Waals surface area contributed by atoms with E-state index in [1.165, 1.54) is 0 Å². The molecule has 98 valence electrons. The van der Waals surface area contributed by atoms with Crippen LogP contribution in [0.2, 0.25) is 5.02 Å². The molecule has 0 N–H and O–H groups in total. The molecule has 0 radical (unpaired) electrons. The SMILES string of the molecule is CC1CCN(C(=O)c2cc(Br)ccc2Cl)CC1Br. The van der Waals surface area contributed by atoms with Crippen molar-refractivity contribution in [2.24, 2.45) is 5.92 Å². The summed E-state index contributed by atoms with van der Waals surface area (Å²) in [5.41, 5.74) is 0.570. The number of hydrogen-bond donors (Lipinski definition) is 0. The Hall–Kier alpha value is -0.0600. The quantitative estimate of drug-likeness (QED) is 0.648. The summed E-state index contributed by atoms with van der Waals surface area (Å²) in [4.78, 5) is 14.7. The molecule has 5 heteroatoms. The summed E-state index contributed by atoms with van der Waals surface area (Å²) in [6.07, 6.45) is 1.02. The first-order chi connectivity index (χ1) is 8.49. The highest BCUT2D eigenvalue weighted by Crippen LogP contribution is 2.27. The first kappa shape index (κ1) is 14.4. The molecule has 0 aromatic heterocycles. The van der Waals surface area contributed by atoms with Crippen molar-refractivity contribution in [3.8, 4) is 0 Å². The predicted octanol–water partition coefficient (Wildman–Crippen LogP) is 4.35. The van der Waals surface area contributed by atoms with Crippen LogP contribution in [0.25, 0.3) is 0 Å². The van der Waals surface area contributed by atoms with Crippen LogP contribution in [0.5, 0.6) is 0 Å². The van der Waals surface area contributed by atoms with Gasteiger partial charge in [0, 0.05) is 22.4 Å². The molecule has 1 saturated heterocycles. The molecule has 18 heavy (non-hydrogen) atoms. The van der Waals surface area contributed by atoms with E-state index in [1.807, 2.05) is 11.0 Å². The van der Waals surface area contributed by atoms with Gasteiger partial charge >= 0.3 is 0 Å². The highest BCUT2D eigenvalue weighted by atomic mass is 79.9. The van der Waals surface area contributed by atoms with E-state index >= 15 is 0 Å². The maximum Gasteiger partial charge on any atom is 0.255 e. The monoisotopic (exact) mass is 393 g/mol. The number of rotatable bonds is 1. The average Bonchev–Trinajstić information content (AvgIpc) is 2.35. The fourth-order valence-corrected chi connectivity index (χ4v) is 3.21. The van der Waals surface area contributed by atoms with Crippen LogP contribution in [0.4, 0.5) is 0 Å². The molecular formula is C13H14Br2ClNO. The van der Waals surface area contributed by atoms with E-state index in [-0.39, 0.29) is 5.91 Å². The molecule has 2 nitrogen and oxygen atoms in total. The van der Waals surface area contributed by atoms with Gasteiger partial charge < -0.3 is 4.90 Å². The van der Waals surface area contributed by atoms with Gasteiger partial charge in [-0.3, -0.25) is 4.79 Å². The molecule has 1 aromatic rings. The Morgan fingerprint density at radius 2 is 2.22 bits per heavy atom. The number of alkyl halides is 1. The van der Waals surface area contributed by atoms with Gasteiger partial charge in [0.2, 0.25) is 0 Å². The first-order valence-corrected chi connectivity index (χ1v) is 7.96. The van der Waals surface area contributed by atoms with Gasteiger partial charge in [-0.05, 0) is 30.5 Å². The lowest BCUT2D eigenvalue weighted by Gasteiger charge is -2.34. The fraction of sp³-hybridized carbons (Fsp3) is 0.462. The maximum atomic E-state index is 12.4. The van der Waals surface area contributed by atoms with Crippen LogP contribution in [-0.2, 0) is 0 Å². The van der Waals surface area contributed by atoms with Crippen LogP contribution in [0.15, 0.2) is 22.7 Å². The van der Waals surface area contributed by atoms with Crippen molar-refractivity contribution in [3.63, 3.8) is 0 Å². The Morgan fingerprint density at radius 1 is 1.50 bits per heavy atom. The van der Waals surface area contributed by atoms with Crippen LogP contribution in [0.3, 0.4) is 0 Å². The Labute approximate surface area is 129 Å². The topological polar surface area (TPSA) is 20.3 Å². The van der Waals surface area contributed by atoms with Crippen molar-refractivity contribution in [2.45, 2.75) is 18.2 Å². The standard InChI is InChI=1S/C13H14Br2ClNO/c1-8-4-5-17(7-11(8)15)13(18)10-6-9(14)2-3-12(10)16/h2-3,6,8,11H,4-5,7H2,1H3. The zero-order valence-corrected chi connectivity index (χ0v) is 13.9. The molecule has 2 atom stereocenters. The van der Waals surface area contributed by atoms with Gasteiger partial charge in [-0.1, -0.05) is 50.4 Å². The molecule has 0 aliphatic carbocycles. The second kappa shape index (κ2) is 5.93. The van der Waals surface area contributed by atoms with E-state index in [1.54, 1.807) is 12.1 Å². The Balaban J connectivity index is 2.19. The molecule has 1 aliphatic rings. The van der Waals surface area contributed by atoms with Crippen molar-refractivity contribution >= 4 is 49.4 Å². The number of nitrogens with zero attached hydrogens (tertiary/aromatic N) is 1. The smallest absolute Gasteiger partial charge is 0.255 e. The number of amides is 1. The molecule has 0 saturated carbocycles. The van der Waals surface area contributed by atoms with Crippen molar-refractivity contribution in [2.75, 3.05) is 13.1 Å². The summed E-state index contributed by atoms with van der Waals surface area (Å²) in [6, 6.07) is 5.37. The van der Waals surface area contributed by atoms with Gasteiger partial charge in [0.15, 0.2) is 0 Å². The van der Waals surface area contributed by atoms with Gasteiger partial charge in [0.1, 0.15) is 0 Å². The summed E-state index contributed by atoms with van der Waals surface area (Å²) in [7, 11) is 0. The number of benzene rings is 1. The van der Waals surface area contributed by atoms with E-state index in [4.69, 9.17) is 11.6 Å². The molecule has 0 spiro atoms. The van der Waals surface area contributed by atoms with Crippen LogP contribution >= 0.6 is 43.5 Å². The third-order valence-electron chi connectivity index (χ3n) is 3.31. The number of carbonyl (C=O) groups is 1. The molecule has 1 aliphatic heterocycles. The highest BCUT2D eigenvalue weighted by Gasteiger charge is 2.28. The Kier molecular flexibility index (Phi) is 4.73. The van der Waals surface area contributed by atoms with Crippen molar-refractivity contribution in [1.29, 1.82) is 0 Å². The van der Waals surface area contributed by atoms with Gasteiger partial charge in [0.25, 0.3) is 5.91 Å². The summed E-state index contributed by atoms with van der Waals surface area (Å²) in [5.74, 6) is 0.615. The minimum atomic E-state index is 0.0117. The van der Waals surface area contributed by atoms with Crippen LogP contribution in [0, 0.1) is 5.92 Å². The molecule has 0 bridgehead atoms.